The Hall–Kier alpha value is -2.33. The molecule has 0 saturated carbocycles. The number of aromatic nitrogens is 1. The molecule has 0 spiro atoms. The molecule has 1 aromatic heterocycles. The molecule has 1 fully saturated rings. The van der Waals surface area contributed by atoms with E-state index >= 15 is 0 Å². The number of carbonyl (C=O) groups is 1. The number of para-hydroxylation sites is 2. The van der Waals surface area contributed by atoms with Crippen LogP contribution in [0.1, 0.15) is 25.7 Å². The second-order valence-corrected chi connectivity index (χ2v) is 6.56. The van der Waals surface area contributed by atoms with Gasteiger partial charge >= 0.3 is 0 Å². The van der Waals surface area contributed by atoms with E-state index in [1.165, 1.54) is 30.0 Å². The van der Waals surface area contributed by atoms with Crippen LogP contribution in [-0.4, -0.2) is 35.1 Å². The minimum absolute atomic E-state index is 0.0760. The van der Waals surface area contributed by atoms with E-state index in [2.05, 4.69) is 34.6 Å². The Labute approximate surface area is 142 Å². The van der Waals surface area contributed by atoms with Gasteiger partial charge in [0.2, 0.25) is 5.91 Å². The summed E-state index contributed by atoms with van der Waals surface area (Å²) in [5.41, 5.74) is 5.19. The molecule has 1 N–H and O–H groups in total. The van der Waals surface area contributed by atoms with Crippen molar-refractivity contribution in [3.05, 3.63) is 48.5 Å². The molecule has 2 aromatic carbocycles. The van der Waals surface area contributed by atoms with Crippen LogP contribution in [0.3, 0.4) is 0 Å². The molecule has 4 nitrogen and oxygen atoms in total. The molecule has 0 aliphatic carbocycles. The van der Waals surface area contributed by atoms with Gasteiger partial charge < -0.3 is 4.90 Å². The summed E-state index contributed by atoms with van der Waals surface area (Å²) < 4.78 is 1.93. The topological polar surface area (TPSA) is 37.3 Å². The predicted octanol–water partition coefficient (Wildman–Crippen LogP) is 3.74. The molecule has 0 bridgehead atoms. The zero-order valence-electron chi connectivity index (χ0n) is 13.9. The quantitative estimate of drug-likeness (QED) is 0.795. The number of hydrogen-bond donors (Lipinski definition) is 1. The highest BCUT2D eigenvalue weighted by atomic mass is 16.2. The van der Waals surface area contributed by atoms with Gasteiger partial charge in [-0.2, -0.15) is 0 Å². The Bertz CT molecular complexity index is 808. The van der Waals surface area contributed by atoms with Crippen LogP contribution in [0.15, 0.2) is 48.5 Å². The minimum Gasteiger partial charge on any atom is -0.303 e. The monoisotopic (exact) mass is 321 g/mol. The van der Waals surface area contributed by atoms with E-state index < -0.39 is 0 Å². The molecule has 2 heterocycles. The van der Waals surface area contributed by atoms with Crippen LogP contribution in [0, 0.1) is 0 Å². The van der Waals surface area contributed by atoms with Crippen LogP contribution < -0.4 is 5.43 Å². The first-order valence-corrected chi connectivity index (χ1v) is 8.83. The van der Waals surface area contributed by atoms with Crippen molar-refractivity contribution in [1.82, 2.24) is 9.58 Å². The van der Waals surface area contributed by atoms with E-state index in [9.17, 15) is 4.79 Å². The number of carbonyl (C=O) groups excluding carboxylic acids is 1. The minimum atomic E-state index is 0.0760. The van der Waals surface area contributed by atoms with Gasteiger partial charge in [-0.1, -0.05) is 42.8 Å². The maximum atomic E-state index is 12.5. The largest absolute Gasteiger partial charge is 0.303 e. The first kappa shape index (κ1) is 15.2. The number of hydrogen-bond acceptors (Lipinski definition) is 2. The molecule has 4 heteroatoms. The second kappa shape index (κ2) is 6.65. The van der Waals surface area contributed by atoms with Crippen molar-refractivity contribution in [3.63, 3.8) is 0 Å². The SMILES string of the molecule is O=C(CCN1CCCCC1)Nn1c2ccccc2c2ccccc21. The summed E-state index contributed by atoms with van der Waals surface area (Å²) in [6, 6.07) is 16.4. The molecule has 1 aliphatic heterocycles. The van der Waals surface area contributed by atoms with Gasteiger partial charge in [0.25, 0.3) is 0 Å². The van der Waals surface area contributed by atoms with Crippen molar-refractivity contribution < 1.29 is 4.79 Å². The Kier molecular flexibility index (Phi) is 4.22. The highest BCUT2D eigenvalue weighted by Gasteiger charge is 2.14. The lowest BCUT2D eigenvalue weighted by Gasteiger charge is -2.26. The van der Waals surface area contributed by atoms with Crippen LogP contribution in [0.25, 0.3) is 21.8 Å². The van der Waals surface area contributed by atoms with Crippen LogP contribution in [-0.2, 0) is 4.79 Å². The van der Waals surface area contributed by atoms with Gasteiger partial charge in [0.15, 0.2) is 0 Å². The fourth-order valence-electron chi connectivity index (χ4n) is 3.67. The normalized spacial score (nSPS) is 15.8. The Morgan fingerprint density at radius 1 is 0.875 bits per heavy atom. The summed E-state index contributed by atoms with van der Waals surface area (Å²) in [7, 11) is 0. The number of nitrogens with one attached hydrogen (secondary N) is 1. The van der Waals surface area contributed by atoms with Crippen molar-refractivity contribution in [2.24, 2.45) is 0 Å². The Morgan fingerprint density at radius 2 is 1.46 bits per heavy atom. The summed E-state index contributed by atoms with van der Waals surface area (Å²) in [5, 5.41) is 2.34. The molecule has 1 amide bonds. The number of nitrogens with zero attached hydrogens (tertiary/aromatic N) is 2. The Balaban J connectivity index is 1.55. The summed E-state index contributed by atoms with van der Waals surface area (Å²) >= 11 is 0. The summed E-state index contributed by atoms with van der Waals surface area (Å²) in [6.45, 7) is 3.11. The molecular formula is C20H23N3O. The number of fused-ring (bicyclic) bond motifs is 3. The molecule has 1 saturated heterocycles. The lowest BCUT2D eigenvalue weighted by Crippen LogP contribution is -2.33. The van der Waals surface area contributed by atoms with Crippen LogP contribution in [0.5, 0.6) is 0 Å². The highest BCUT2D eigenvalue weighted by molar-refractivity contribution is 6.09. The number of likely N-dealkylation sites (tertiary alicyclic amines) is 1. The second-order valence-electron chi connectivity index (χ2n) is 6.56. The van der Waals surface area contributed by atoms with Gasteiger partial charge in [-0.25, -0.2) is 0 Å². The molecule has 0 unspecified atom stereocenters. The lowest BCUT2D eigenvalue weighted by molar-refractivity contribution is -0.117. The molecular weight excluding hydrogens is 298 g/mol. The summed E-state index contributed by atoms with van der Waals surface area (Å²) in [4.78, 5) is 14.9. The zero-order chi connectivity index (χ0) is 16.4. The summed E-state index contributed by atoms with van der Waals surface area (Å²) in [5.74, 6) is 0.0760. The number of benzene rings is 2. The average Bonchev–Trinajstić information content (AvgIpc) is 2.95. The fourth-order valence-corrected chi connectivity index (χ4v) is 3.67. The van der Waals surface area contributed by atoms with Gasteiger partial charge in [-0.05, 0) is 38.1 Å². The third-order valence-electron chi connectivity index (χ3n) is 4.92. The third-order valence-corrected chi connectivity index (χ3v) is 4.92. The molecule has 1 aliphatic rings. The number of rotatable bonds is 4. The van der Waals surface area contributed by atoms with E-state index in [1.807, 2.05) is 28.9 Å². The van der Waals surface area contributed by atoms with Gasteiger partial charge in [0.05, 0.1) is 11.0 Å². The van der Waals surface area contributed by atoms with Crippen LogP contribution >= 0.6 is 0 Å². The van der Waals surface area contributed by atoms with E-state index in [4.69, 9.17) is 0 Å². The van der Waals surface area contributed by atoms with Gasteiger partial charge in [-0.15, -0.1) is 0 Å². The zero-order valence-corrected chi connectivity index (χ0v) is 13.9. The van der Waals surface area contributed by atoms with Gasteiger partial charge in [0.1, 0.15) is 0 Å². The maximum absolute atomic E-state index is 12.5. The fraction of sp³-hybridized carbons (Fsp3) is 0.350. The van der Waals surface area contributed by atoms with Crippen LogP contribution in [0.4, 0.5) is 0 Å². The number of amides is 1. The van der Waals surface area contributed by atoms with Crippen molar-refractivity contribution in [2.45, 2.75) is 25.7 Å². The van der Waals surface area contributed by atoms with Gasteiger partial charge in [0, 0.05) is 23.7 Å². The Morgan fingerprint density at radius 3 is 2.08 bits per heavy atom. The van der Waals surface area contributed by atoms with Crippen LogP contribution in [0.2, 0.25) is 0 Å². The summed E-state index contributed by atoms with van der Waals surface area (Å²) in [6.07, 6.45) is 4.38. The first-order valence-electron chi connectivity index (χ1n) is 8.83. The molecule has 124 valence electrons. The van der Waals surface area contributed by atoms with Crippen molar-refractivity contribution >= 4 is 27.7 Å². The molecule has 0 atom stereocenters. The van der Waals surface area contributed by atoms with E-state index in [1.54, 1.807) is 0 Å². The highest BCUT2D eigenvalue weighted by Crippen LogP contribution is 2.27. The molecule has 24 heavy (non-hydrogen) atoms. The van der Waals surface area contributed by atoms with Crippen molar-refractivity contribution in [1.29, 1.82) is 0 Å². The smallest absolute Gasteiger partial charge is 0.240 e. The standard InChI is InChI=1S/C20H23N3O/c24-20(12-15-22-13-6-1-7-14-22)21-23-18-10-4-2-8-16(18)17-9-3-5-11-19(17)23/h2-5,8-11H,1,6-7,12-15H2,(H,21,24). The molecule has 4 rings (SSSR count). The van der Waals surface area contributed by atoms with Crippen molar-refractivity contribution in [2.75, 3.05) is 25.1 Å². The van der Waals surface area contributed by atoms with E-state index in [0.717, 1.165) is 30.7 Å². The third kappa shape index (κ3) is 2.89. The van der Waals surface area contributed by atoms with Crippen molar-refractivity contribution in [3.8, 4) is 0 Å². The van der Waals surface area contributed by atoms with Gasteiger partial charge in [-0.3, -0.25) is 14.9 Å². The number of piperidine rings is 1. The predicted molar refractivity (Wildman–Crippen MR) is 98.7 cm³/mol. The van der Waals surface area contributed by atoms with E-state index in [-0.39, 0.29) is 5.91 Å². The average molecular weight is 321 g/mol. The van der Waals surface area contributed by atoms with E-state index in [0.29, 0.717) is 6.42 Å². The molecule has 0 radical (unpaired) electrons. The lowest BCUT2D eigenvalue weighted by atomic mass is 10.1. The molecule has 3 aromatic rings. The maximum Gasteiger partial charge on any atom is 0.240 e. The first-order chi connectivity index (χ1) is 11.8.